The lowest BCUT2D eigenvalue weighted by Gasteiger charge is -2.39. The molecule has 2 fully saturated rings. The molecule has 1 saturated carbocycles. The van der Waals surface area contributed by atoms with Crippen molar-refractivity contribution in [1.82, 2.24) is 4.98 Å². The van der Waals surface area contributed by atoms with Crippen molar-refractivity contribution >= 4 is 5.82 Å². The average molecular weight is 262 g/mol. The molecule has 1 aromatic heterocycles. The molecule has 0 aromatic carbocycles. The van der Waals surface area contributed by atoms with Gasteiger partial charge in [-0.15, -0.1) is 0 Å². The molecule has 0 unspecified atom stereocenters. The maximum atomic E-state index is 5.77. The van der Waals surface area contributed by atoms with E-state index in [1.54, 1.807) is 0 Å². The highest BCUT2D eigenvalue weighted by molar-refractivity contribution is 5.39. The van der Waals surface area contributed by atoms with Crippen molar-refractivity contribution in [3.05, 3.63) is 23.9 Å². The van der Waals surface area contributed by atoms with Crippen LogP contribution in [0.4, 0.5) is 5.82 Å². The van der Waals surface area contributed by atoms with Crippen LogP contribution in [-0.4, -0.2) is 37.1 Å². The summed E-state index contributed by atoms with van der Waals surface area (Å²) in [4.78, 5) is 6.80. The summed E-state index contributed by atoms with van der Waals surface area (Å²) < 4.78 is 11.5. The molecule has 1 aliphatic heterocycles. The Kier molecular flexibility index (Phi) is 3.46. The summed E-state index contributed by atoms with van der Waals surface area (Å²) >= 11 is 0. The van der Waals surface area contributed by atoms with Gasteiger partial charge in [0.05, 0.1) is 13.2 Å². The van der Waals surface area contributed by atoms with Crippen LogP contribution >= 0.6 is 0 Å². The van der Waals surface area contributed by atoms with Crippen molar-refractivity contribution in [2.45, 2.75) is 44.4 Å². The molecule has 2 aliphatic rings. The van der Waals surface area contributed by atoms with Gasteiger partial charge in [0, 0.05) is 32.1 Å². The number of ether oxygens (including phenoxy) is 2. The van der Waals surface area contributed by atoms with Gasteiger partial charge in [-0.1, -0.05) is 6.07 Å². The average Bonchev–Trinajstić information content (AvgIpc) is 2.88. The van der Waals surface area contributed by atoms with Crippen LogP contribution in [0.1, 0.15) is 31.2 Å². The molecule has 0 amide bonds. The van der Waals surface area contributed by atoms with Gasteiger partial charge in [-0.25, -0.2) is 4.98 Å². The number of nitrogens with zero attached hydrogens (tertiary/aromatic N) is 2. The van der Waals surface area contributed by atoms with Gasteiger partial charge < -0.3 is 14.4 Å². The fraction of sp³-hybridized carbons (Fsp3) is 0.667. The van der Waals surface area contributed by atoms with Gasteiger partial charge in [-0.2, -0.15) is 0 Å². The van der Waals surface area contributed by atoms with E-state index < -0.39 is 0 Å². The maximum Gasteiger partial charge on any atom is 0.168 e. The molecule has 0 bridgehead atoms. The zero-order valence-corrected chi connectivity index (χ0v) is 11.8. The van der Waals surface area contributed by atoms with Gasteiger partial charge in [-0.3, -0.25) is 0 Å². The van der Waals surface area contributed by atoms with Crippen LogP contribution in [0.3, 0.4) is 0 Å². The molecule has 1 aliphatic carbocycles. The zero-order valence-electron chi connectivity index (χ0n) is 11.8. The predicted octanol–water partition coefficient (Wildman–Crippen LogP) is 2.51. The Morgan fingerprint density at radius 2 is 1.89 bits per heavy atom. The third kappa shape index (κ3) is 2.60. The van der Waals surface area contributed by atoms with Crippen molar-refractivity contribution in [3.63, 3.8) is 0 Å². The Bertz CT molecular complexity index is 416. The Balaban J connectivity index is 1.63. The van der Waals surface area contributed by atoms with Crippen molar-refractivity contribution in [3.8, 4) is 0 Å². The van der Waals surface area contributed by atoms with Crippen molar-refractivity contribution in [2.24, 2.45) is 0 Å². The van der Waals surface area contributed by atoms with Crippen LogP contribution in [-0.2, 0) is 9.47 Å². The van der Waals surface area contributed by atoms with Crippen molar-refractivity contribution < 1.29 is 9.47 Å². The minimum atomic E-state index is -0.266. The van der Waals surface area contributed by atoms with E-state index in [-0.39, 0.29) is 5.79 Å². The zero-order chi connectivity index (χ0) is 13.3. The van der Waals surface area contributed by atoms with Gasteiger partial charge in [0.2, 0.25) is 0 Å². The van der Waals surface area contributed by atoms with Gasteiger partial charge >= 0.3 is 0 Å². The fourth-order valence-corrected chi connectivity index (χ4v) is 3.07. The highest BCUT2D eigenvalue weighted by atomic mass is 16.7. The van der Waals surface area contributed by atoms with E-state index in [4.69, 9.17) is 9.47 Å². The normalized spacial score (nSPS) is 22.8. The number of hydrogen-bond acceptors (Lipinski definition) is 4. The molecule has 4 nitrogen and oxygen atoms in total. The molecule has 2 heterocycles. The SMILES string of the molecule is Cc1ccc(N(C)C2CCC3(CC2)OCCO3)nc1. The Morgan fingerprint density at radius 1 is 1.21 bits per heavy atom. The molecule has 19 heavy (non-hydrogen) atoms. The number of aryl methyl sites for hydroxylation is 1. The standard InChI is InChI=1S/C15H22N2O2/c1-12-3-4-14(16-11-12)17(2)13-5-7-15(8-6-13)18-9-10-19-15/h3-4,11,13H,5-10H2,1-2H3. The van der Waals surface area contributed by atoms with Gasteiger partial charge in [-0.05, 0) is 31.4 Å². The van der Waals surface area contributed by atoms with Crippen LogP contribution < -0.4 is 4.90 Å². The molecule has 3 rings (SSSR count). The van der Waals surface area contributed by atoms with Crippen LogP contribution in [0.25, 0.3) is 0 Å². The summed E-state index contributed by atoms with van der Waals surface area (Å²) in [5.74, 6) is 0.790. The summed E-state index contributed by atoms with van der Waals surface area (Å²) in [7, 11) is 2.14. The highest BCUT2D eigenvalue weighted by Gasteiger charge is 2.41. The number of pyridine rings is 1. The van der Waals surface area contributed by atoms with Gasteiger partial charge in [0.25, 0.3) is 0 Å². The quantitative estimate of drug-likeness (QED) is 0.820. The molecular weight excluding hydrogens is 240 g/mol. The highest BCUT2D eigenvalue weighted by Crippen LogP contribution is 2.37. The van der Waals surface area contributed by atoms with Gasteiger partial charge in [0.15, 0.2) is 5.79 Å². The summed E-state index contributed by atoms with van der Waals surface area (Å²) in [5, 5.41) is 0. The Morgan fingerprint density at radius 3 is 2.47 bits per heavy atom. The van der Waals surface area contributed by atoms with Gasteiger partial charge in [0.1, 0.15) is 5.82 Å². The minimum Gasteiger partial charge on any atom is -0.357 e. The molecule has 4 heteroatoms. The lowest BCUT2D eigenvalue weighted by atomic mass is 9.89. The van der Waals surface area contributed by atoms with Crippen LogP contribution in [0.2, 0.25) is 0 Å². The second-order valence-electron chi connectivity index (χ2n) is 5.64. The van der Waals surface area contributed by atoms with E-state index in [2.05, 4.69) is 36.0 Å². The fourth-order valence-electron chi connectivity index (χ4n) is 3.07. The molecule has 1 aromatic rings. The number of aromatic nitrogens is 1. The molecule has 0 N–H and O–H groups in total. The molecule has 0 radical (unpaired) electrons. The molecule has 1 saturated heterocycles. The first kappa shape index (κ1) is 12.9. The lowest BCUT2D eigenvalue weighted by Crippen LogP contribution is -2.43. The van der Waals surface area contributed by atoms with E-state index in [0.29, 0.717) is 6.04 Å². The summed E-state index contributed by atoms with van der Waals surface area (Å²) in [6, 6.07) is 4.75. The molecule has 104 valence electrons. The van der Waals surface area contributed by atoms with Crippen LogP contribution in [0.5, 0.6) is 0 Å². The van der Waals surface area contributed by atoms with Crippen molar-refractivity contribution in [2.75, 3.05) is 25.2 Å². The predicted molar refractivity (Wildman–Crippen MR) is 74.3 cm³/mol. The monoisotopic (exact) mass is 262 g/mol. The van der Waals surface area contributed by atoms with E-state index in [9.17, 15) is 0 Å². The Hall–Kier alpha value is -1.13. The van der Waals surface area contributed by atoms with E-state index in [1.165, 1.54) is 5.56 Å². The van der Waals surface area contributed by atoms with E-state index in [1.807, 2.05) is 6.20 Å². The number of anilines is 1. The summed E-state index contributed by atoms with van der Waals surface area (Å²) in [6.45, 7) is 3.57. The number of hydrogen-bond donors (Lipinski definition) is 0. The van der Waals surface area contributed by atoms with Crippen molar-refractivity contribution in [1.29, 1.82) is 0 Å². The Labute approximate surface area is 114 Å². The topological polar surface area (TPSA) is 34.6 Å². The van der Waals surface area contributed by atoms with E-state index in [0.717, 1.165) is 44.7 Å². The lowest BCUT2D eigenvalue weighted by molar-refractivity contribution is -0.178. The first-order valence-electron chi connectivity index (χ1n) is 7.12. The summed E-state index contributed by atoms with van der Waals surface area (Å²) in [5.41, 5.74) is 1.20. The third-order valence-corrected chi connectivity index (χ3v) is 4.34. The van der Waals surface area contributed by atoms with Crippen LogP contribution in [0, 0.1) is 6.92 Å². The first-order valence-corrected chi connectivity index (χ1v) is 7.12. The maximum absolute atomic E-state index is 5.77. The number of rotatable bonds is 2. The van der Waals surface area contributed by atoms with E-state index >= 15 is 0 Å². The first-order chi connectivity index (χ1) is 9.19. The largest absolute Gasteiger partial charge is 0.357 e. The smallest absolute Gasteiger partial charge is 0.168 e. The molecule has 0 atom stereocenters. The summed E-state index contributed by atoms with van der Waals surface area (Å²) in [6.07, 6.45) is 6.12. The second kappa shape index (κ2) is 5.10. The molecular formula is C15H22N2O2. The van der Waals surface area contributed by atoms with Crippen LogP contribution in [0.15, 0.2) is 18.3 Å². The third-order valence-electron chi connectivity index (χ3n) is 4.34. The molecule has 1 spiro atoms. The second-order valence-corrected chi connectivity index (χ2v) is 5.64. The minimum absolute atomic E-state index is 0.266.